The molecule has 0 saturated heterocycles. The number of halogens is 4. The molecule has 0 spiro atoms. The number of aromatic nitrogens is 3. The molecule has 0 saturated carbocycles. The Morgan fingerprint density at radius 2 is 2.00 bits per heavy atom. The van der Waals surface area contributed by atoms with E-state index in [4.69, 9.17) is 0 Å². The molecule has 6 nitrogen and oxygen atoms in total. The third kappa shape index (κ3) is 6.42. The number of thiophene rings is 1. The van der Waals surface area contributed by atoms with Gasteiger partial charge in [-0.25, -0.2) is 0 Å². The molecule has 0 fully saturated rings. The number of rotatable bonds is 9. The van der Waals surface area contributed by atoms with Gasteiger partial charge in [0.2, 0.25) is 5.91 Å². The molecular formula is C20H18BrF3N4O2S2. The average molecular weight is 547 g/mol. The van der Waals surface area contributed by atoms with Crippen LogP contribution < -0.4 is 5.32 Å². The molecule has 0 aliphatic heterocycles. The Kier molecular flexibility index (Phi) is 8.12. The Balaban J connectivity index is 1.86. The smallest absolute Gasteiger partial charge is 0.356 e. The number of thioether (sulfide) groups is 1. The first-order chi connectivity index (χ1) is 15.1. The summed E-state index contributed by atoms with van der Waals surface area (Å²) in [5.74, 6) is 0.231. The molecule has 0 bridgehead atoms. The number of ketones is 1. The van der Waals surface area contributed by atoms with Gasteiger partial charge >= 0.3 is 6.18 Å². The first-order valence-electron chi connectivity index (χ1n) is 9.43. The van der Waals surface area contributed by atoms with Crippen molar-refractivity contribution in [2.75, 3.05) is 12.3 Å². The number of amides is 1. The lowest BCUT2D eigenvalue weighted by molar-refractivity contribution is -0.137. The minimum absolute atomic E-state index is 0.0654. The molecule has 0 atom stereocenters. The largest absolute Gasteiger partial charge is 0.416 e. The predicted octanol–water partition coefficient (Wildman–Crippen LogP) is 5.15. The average Bonchev–Trinajstić information content (AvgIpc) is 3.35. The normalized spacial score (nSPS) is 11.5. The molecule has 0 unspecified atom stereocenters. The number of carbonyl (C=O) groups excluding carboxylic acids is 2. The molecule has 3 aromatic rings. The maximum Gasteiger partial charge on any atom is 0.416 e. The Morgan fingerprint density at radius 3 is 2.66 bits per heavy atom. The number of nitrogens with one attached hydrogen (secondary N) is 1. The number of Topliss-reactive ketones (excluding diaryl/α,β-unsaturated/α-hetero) is 1. The second-order valence-electron chi connectivity index (χ2n) is 6.68. The first kappa shape index (κ1) is 24.5. The van der Waals surface area contributed by atoms with Crippen LogP contribution in [-0.4, -0.2) is 38.8 Å². The zero-order chi connectivity index (χ0) is 23.3. The fraction of sp³-hybridized carbons (Fsp3) is 0.300. The third-order valence-electron chi connectivity index (χ3n) is 4.26. The molecule has 0 aliphatic rings. The molecule has 0 radical (unpaired) electrons. The number of hydrogen-bond donors (Lipinski definition) is 1. The van der Waals surface area contributed by atoms with Crippen molar-refractivity contribution >= 4 is 50.7 Å². The van der Waals surface area contributed by atoms with Gasteiger partial charge in [0.15, 0.2) is 10.9 Å². The van der Waals surface area contributed by atoms with Crippen LogP contribution in [0.2, 0.25) is 0 Å². The molecule has 0 aliphatic carbocycles. The van der Waals surface area contributed by atoms with Crippen molar-refractivity contribution in [1.82, 2.24) is 20.1 Å². The Morgan fingerprint density at radius 1 is 1.22 bits per heavy atom. The van der Waals surface area contributed by atoms with Crippen molar-refractivity contribution in [2.24, 2.45) is 0 Å². The molecule has 12 heteroatoms. The van der Waals surface area contributed by atoms with Crippen LogP contribution in [0, 0.1) is 0 Å². The highest BCUT2D eigenvalue weighted by Crippen LogP contribution is 2.32. The van der Waals surface area contributed by atoms with E-state index in [-0.39, 0.29) is 23.1 Å². The minimum atomic E-state index is -4.49. The SMILES string of the molecule is CC(=O)NCCCc1nnc(SCC(=O)c2ccc(Br)s2)n1-c1cccc(C(F)(F)F)c1. The van der Waals surface area contributed by atoms with Gasteiger partial charge in [0, 0.05) is 25.6 Å². The van der Waals surface area contributed by atoms with Crippen molar-refractivity contribution in [2.45, 2.75) is 31.1 Å². The van der Waals surface area contributed by atoms with Gasteiger partial charge in [-0.05, 0) is 52.7 Å². The highest BCUT2D eigenvalue weighted by molar-refractivity contribution is 9.11. The second-order valence-corrected chi connectivity index (χ2v) is 10.1. The lowest BCUT2D eigenvalue weighted by Crippen LogP contribution is -2.21. The van der Waals surface area contributed by atoms with E-state index >= 15 is 0 Å². The van der Waals surface area contributed by atoms with E-state index in [1.165, 1.54) is 35.0 Å². The summed E-state index contributed by atoms with van der Waals surface area (Å²) in [7, 11) is 0. The van der Waals surface area contributed by atoms with Crippen molar-refractivity contribution < 1.29 is 22.8 Å². The molecule has 1 N–H and O–H groups in total. The summed E-state index contributed by atoms with van der Waals surface area (Å²) in [6.07, 6.45) is -3.58. The van der Waals surface area contributed by atoms with Crippen LogP contribution in [0.5, 0.6) is 0 Å². The van der Waals surface area contributed by atoms with E-state index in [1.54, 1.807) is 12.1 Å². The molecule has 2 heterocycles. The highest BCUT2D eigenvalue weighted by Gasteiger charge is 2.31. The van der Waals surface area contributed by atoms with E-state index in [0.717, 1.165) is 27.7 Å². The Labute approximate surface area is 198 Å². The van der Waals surface area contributed by atoms with Crippen LogP contribution in [0.4, 0.5) is 13.2 Å². The number of hydrogen-bond acceptors (Lipinski definition) is 6. The van der Waals surface area contributed by atoms with Crippen LogP contribution in [0.25, 0.3) is 5.69 Å². The van der Waals surface area contributed by atoms with Gasteiger partial charge in [-0.3, -0.25) is 14.2 Å². The zero-order valence-corrected chi connectivity index (χ0v) is 20.0. The topological polar surface area (TPSA) is 76.9 Å². The minimum Gasteiger partial charge on any atom is -0.356 e. The fourth-order valence-corrected chi connectivity index (χ4v) is 5.08. The maximum absolute atomic E-state index is 13.2. The van der Waals surface area contributed by atoms with Crippen molar-refractivity contribution in [3.63, 3.8) is 0 Å². The van der Waals surface area contributed by atoms with Gasteiger partial charge < -0.3 is 5.32 Å². The zero-order valence-electron chi connectivity index (χ0n) is 16.8. The summed E-state index contributed by atoms with van der Waals surface area (Å²) in [4.78, 5) is 24.1. The molecule has 170 valence electrons. The van der Waals surface area contributed by atoms with E-state index in [2.05, 4.69) is 31.4 Å². The monoisotopic (exact) mass is 546 g/mol. The van der Waals surface area contributed by atoms with Crippen LogP contribution >= 0.6 is 39.0 Å². The number of aryl methyl sites for hydroxylation is 1. The Bertz CT molecular complexity index is 1110. The summed E-state index contributed by atoms with van der Waals surface area (Å²) in [5.41, 5.74) is -0.531. The first-order valence-corrected chi connectivity index (χ1v) is 12.0. The highest BCUT2D eigenvalue weighted by atomic mass is 79.9. The summed E-state index contributed by atoms with van der Waals surface area (Å²) >= 11 is 5.74. The molecule has 32 heavy (non-hydrogen) atoms. The summed E-state index contributed by atoms with van der Waals surface area (Å²) < 4.78 is 42.1. The van der Waals surface area contributed by atoms with Gasteiger partial charge in [0.25, 0.3) is 0 Å². The van der Waals surface area contributed by atoms with Crippen molar-refractivity contribution in [1.29, 1.82) is 0 Å². The third-order valence-corrected chi connectivity index (χ3v) is 6.86. The fourth-order valence-electron chi connectivity index (χ4n) is 2.81. The van der Waals surface area contributed by atoms with Crippen LogP contribution in [0.15, 0.2) is 45.3 Å². The predicted molar refractivity (Wildman–Crippen MR) is 120 cm³/mol. The number of benzene rings is 1. The van der Waals surface area contributed by atoms with Crippen molar-refractivity contribution in [3.05, 3.63) is 56.4 Å². The van der Waals surface area contributed by atoms with E-state index in [9.17, 15) is 22.8 Å². The summed E-state index contributed by atoms with van der Waals surface area (Å²) in [5, 5.41) is 11.3. The van der Waals surface area contributed by atoms with Gasteiger partial charge in [-0.2, -0.15) is 13.2 Å². The Hall–Kier alpha value is -2.18. The summed E-state index contributed by atoms with van der Waals surface area (Å²) in [6.45, 7) is 1.81. The van der Waals surface area contributed by atoms with E-state index in [1.807, 2.05) is 0 Å². The van der Waals surface area contributed by atoms with E-state index in [0.29, 0.717) is 35.2 Å². The maximum atomic E-state index is 13.2. The molecule has 2 aromatic heterocycles. The quantitative estimate of drug-likeness (QED) is 0.228. The van der Waals surface area contributed by atoms with Gasteiger partial charge in [-0.1, -0.05) is 17.8 Å². The lowest BCUT2D eigenvalue weighted by atomic mass is 10.2. The number of alkyl halides is 3. The van der Waals surface area contributed by atoms with Gasteiger partial charge in [0.05, 0.1) is 20.0 Å². The van der Waals surface area contributed by atoms with Crippen molar-refractivity contribution in [3.8, 4) is 5.69 Å². The van der Waals surface area contributed by atoms with Crippen LogP contribution in [0.3, 0.4) is 0 Å². The van der Waals surface area contributed by atoms with Gasteiger partial charge in [0.1, 0.15) is 5.82 Å². The number of nitrogens with zero attached hydrogens (tertiary/aromatic N) is 3. The number of carbonyl (C=O) groups is 2. The van der Waals surface area contributed by atoms with E-state index < -0.39 is 11.7 Å². The van der Waals surface area contributed by atoms with Gasteiger partial charge in [-0.15, -0.1) is 21.5 Å². The standard InChI is InChI=1S/C20H18BrF3N4O2S2/c1-12(29)25-9-3-6-18-26-27-19(31-11-15(30)16-7-8-17(21)32-16)28(18)14-5-2-4-13(10-14)20(22,23)24/h2,4-5,7-8,10H,3,6,9,11H2,1H3,(H,25,29). The molecular weight excluding hydrogens is 529 g/mol. The van der Waals surface area contributed by atoms with Crippen LogP contribution in [0.1, 0.15) is 34.4 Å². The summed E-state index contributed by atoms with van der Waals surface area (Å²) in [6, 6.07) is 8.38. The molecule has 1 aromatic carbocycles. The van der Waals surface area contributed by atoms with Crippen LogP contribution in [-0.2, 0) is 17.4 Å². The molecule has 3 rings (SSSR count). The lowest BCUT2D eigenvalue weighted by Gasteiger charge is -2.13. The second kappa shape index (κ2) is 10.6. The molecule has 1 amide bonds.